The first kappa shape index (κ1) is 18.5. The molecule has 4 nitrogen and oxygen atoms in total. The Balaban J connectivity index is 1.60. The van der Waals surface area contributed by atoms with Crippen LogP contribution in [-0.4, -0.2) is 35.4 Å². The second-order valence-electron chi connectivity index (χ2n) is 6.84. The standard InChI is InChI=1S/C21H26FN3O/c22-19-8-6-17(7-9-19)21(18-10-12-23-13-11-18)24-20(26)5-4-16-25-14-2-1-3-15-25/h6-13,21H,1-5,14-16H2,(H,24,26)/t21-/m1/s1. The SMILES string of the molecule is O=C(CCCN1CCCCC1)N[C@@H](c1ccncc1)c1ccc(F)cc1. The highest BCUT2D eigenvalue weighted by atomic mass is 19.1. The molecule has 0 aliphatic carbocycles. The topological polar surface area (TPSA) is 45.2 Å². The molecular weight excluding hydrogens is 329 g/mol. The molecule has 1 aromatic heterocycles. The van der Waals surface area contributed by atoms with Gasteiger partial charge in [0, 0.05) is 18.8 Å². The quantitative estimate of drug-likeness (QED) is 0.824. The van der Waals surface area contributed by atoms with E-state index in [-0.39, 0.29) is 17.8 Å². The molecule has 0 spiro atoms. The van der Waals surface area contributed by atoms with Gasteiger partial charge in [-0.2, -0.15) is 0 Å². The van der Waals surface area contributed by atoms with Crippen molar-refractivity contribution in [1.29, 1.82) is 0 Å². The molecule has 138 valence electrons. The van der Waals surface area contributed by atoms with Crippen molar-refractivity contribution in [3.8, 4) is 0 Å². The van der Waals surface area contributed by atoms with Gasteiger partial charge in [0.15, 0.2) is 0 Å². The van der Waals surface area contributed by atoms with E-state index in [1.165, 1.54) is 31.4 Å². The summed E-state index contributed by atoms with van der Waals surface area (Å²) in [5, 5.41) is 3.10. The van der Waals surface area contributed by atoms with Crippen LogP contribution in [0.2, 0.25) is 0 Å². The Hall–Kier alpha value is -2.27. The molecule has 1 aliphatic heterocycles. The summed E-state index contributed by atoms with van der Waals surface area (Å²) in [7, 11) is 0. The Bertz CT molecular complexity index is 684. The van der Waals surface area contributed by atoms with Crippen molar-refractivity contribution in [2.75, 3.05) is 19.6 Å². The first-order chi connectivity index (χ1) is 12.7. The third kappa shape index (κ3) is 5.36. The Morgan fingerprint density at radius 1 is 1.04 bits per heavy atom. The number of nitrogens with zero attached hydrogens (tertiary/aromatic N) is 2. The lowest BCUT2D eigenvalue weighted by Crippen LogP contribution is -2.33. The van der Waals surface area contributed by atoms with E-state index in [1.807, 2.05) is 12.1 Å². The smallest absolute Gasteiger partial charge is 0.220 e. The minimum absolute atomic E-state index is 0.0214. The fourth-order valence-corrected chi connectivity index (χ4v) is 3.45. The van der Waals surface area contributed by atoms with E-state index in [0.717, 1.165) is 37.2 Å². The van der Waals surface area contributed by atoms with Gasteiger partial charge in [0.25, 0.3) is 0 Å². The number of halogens is 1. The second kappa shape index (κ2) is 9.43. The van der Waals surface area contributed by atoms with E-state index in [4.69, 9.17) is 0 Å². The monoisotopic (exact) mass is 355 g/mol. The van der Waals surface area contributed by atoms with Crippen LogP contribution in [0.4, 0.5) is 4.39 Å². The predicted molar refractivity (Wildman–Crippen MR) is 100 cm³/mol. The fraction of sp³-hybridized carbons (Fsp3) is 0.429. The molecular formula is C21H26FN3O. The maximum atomic E-state index is 13.3. The van der Waals surface area contributed by atoms with Crippen LogP contribution in [0, 0.1) is 5.82 Å². The fourth-order valence-electron chi connectivity index (χ4n) is 3.45. The van der Waals surface area contributed by atoms with Crippen LogP contribution in [-0.2, 0) is 4.79 Å². The number of hydrogen-bond acceptors (Lipinski definition) is 3. The number of carbonyl (C=O) groups excluding carboxylic acids is 1. The van der Waals surface area contributed by atoms with Crippen LogP contribution in [0.5, 0.6) is 0 Å². The molecule has 2 heterocycles. The number of rotatable bonds is 7. The van der Waals surface area contributed by atoms with E-state index in [1.54, 1.807) is 24.5 Å². The van der Waals surface area contributed by atoms with E-state index < -0.39 is 0 Å². The number of pyridine rings is 1. The lowest BCUT2D eigenvalue weighted by Gasteiger charge is -2.26. The molecule has 1 saturated heterocycles. The molecule has 0 bridgehead atoms. The van der Waals surface area contributed by atoms with Gasteiger partial charge in [0.1, 0.15) is 5.82 Å². The maximum Gasteiger partial charge on any atom is 0.220 e. The molecule has 3 rings (SSSR count). The van der Waals surface area contributed by atoms with Gasteiger partial charge in [-0.1, -0.05) is 18.6 Å². The van der Waals surface area contributed by atoms with Crippen molar-refractivity contribution in [3.05, 3.63) is 65.7 Å². The van der Waals surface area contributed by atoms with Gasteiger partial charge in [-0.15, -0.1) is 0 Å². The highest BCUT2D eigenvalue weighted by molar-refractivity contribution is 5.77. The molecule has 1 atom stereocenters. The van der Waals surface area contributed by atoms with E-state index in [9.17, 15) is 9.18 Å². The molecule has 1 fully saturated rings. The molecule has 0 unspecified atom stereocenters. The van der Waals surface area contributed by atoms with Gasteiger partial charge in [0.05, 0.1) is 6.04 Å². The van der Waals surface area contributed by atoms with Crippen molar-refractivity contribution in [2.45, 2.75) is 38.1 Å². The summed E-state index contributed by atoms with van der Waals surface area (Å²) in [6.45, 7) is 3.28. The van der Waals surface area contributed by atoms with Crippen LogP contribution in [0.1, 0.15) is 49.3 Å². The molecule has 0 saturated carbocycles. The zero-order valence-corrected chi connectivity index (χ0v) is 15.0. The van der Waals surface area contributed by atoms with Crippen molar-refractivity contribution in [3.63, 3.8) is 0 Å². The number of piperidine rings is 1. The lowest BCUT2D eigenvalue weighted by molar-refractivity contribution is -0.121. The first-order valence-electron chi connectivity index (χ1n) is 9.39. The number of carbonyl (C=O) groups is 1. The van der Waals surface area contributed by atoms with Crippen LogP contribution in [0.25, 0.3) is 0 Å². The van der Waals surface area contributed by atoms with E-state index in [0.29, 0.717) is 6.42 Å². The number of benzene rings is 1. The summed E-state index contributed by atoms with van der Waals surface area (Å²) >= 11 is 0. The highest BCUT2D eigenvalue weighted by Crippen LogP contribution is 2.22. The molecule has 0 radical (unpaired) electrons. The molecule has 1 aromatic carbocycles. The Labute approximate surface area is 154 Å². The number of aromatic nitrogens is 1. The summed E-state index contributed by atoms with van der Waals surface area (Å²) in [5.41, 5.74) is 1.80. The largest absolute Gasteiger partial charge is 0.345 e. The van der Waals surface area contributed by atoms with Crippen molar-refractivity contribution in [2.24, 2.45) is 0 Å². The van der Waals surface area contributed by atoms with E-state index >= 15 is 0 Å². The van der Waals surface area contributed by atoms with Crippen LogP contribution < -0.4 is 5.32 Å². The van der Waals surface area contributed by atoms with Crippen molar-refractivity contribution < 1.29 is 9.18 Å². The van der Waals surface area contributed by atoms with Crippen molar-refractivity contribution in [1.82, 2.24) is 15.2 Å². The average molecular weight is 355 g/mol. The predicted octanol–water partition coefficient (Wildman–Crippen LogP) is 3.69. The summed E-state index contributed by atoms with van der Waals surface area (Å²) in [6, 6.07) is 9.74. The molecule has 5 heteroatoms. The van der Waals surface area contributed by atoms with Crippen molar-refractivity contribution >= 4 is 5.91 Å². The normalized spacial score (nSPS) is 16.2. The van der Waals surface area contributed by atoms with Gasteiger partial charge in [-0.3, -0.25) is 9.78 Å². The zero-order valence-electron chi connectivity index (χ0n) is 15.0. The molecule has 1 N–H and O–H groups in total. The van der Waals surface area contributed by atoms with Gasteiger partial charge in [-0.05, 0) is 74.3 Å². The average Bonchev–Trinajstić information content (AvgIpc) is 2.68. The lowest BCUT2D eigenvalue weighted by atomic mass is 9.99. The Morgan fingerprint density at radius 2 is 1.69 bits per heavy atom. The highest BCUT2D eigenvalue weighted by Gasteiger charge is 2.17. The van der Waals surface area contributed by atoms with Gasteiger partial charge < -0.3 is 10.2 Å². The minimum Gasteiger partial charge on any atom is -0.345 e. The van der Waals surface area contributed by atoms with Gasteiger partial charge in [-0.25, -0.2) is 4.39 Å². The first-order valence-corrected chi connectivity index (χ1v) is 9.39. The summed E-state index contributed by atoms with van der Waals surface area (Å²) in [4.78, 5) is 19.0. The number of hydrogen-bond donors (Lipinski definition) is 1. The number of likely N-dealkylation sites (tertiary alicyclic amines) is 1. The van der Waals surface area contributed by atoms with Crippen LogP contribution >= 0.6 is 0 Å². The minimum atomic E-state index is -0.291. The molecule has 1 amide bonds. The summed E-state index contributed by atoms with van der Waals surface area (Å²) in [6.07, 6.45) is 8.62. The second-order valence-corrected chi connectivity index (χ2v) is 6.84. The third-order valence-corrected chi connectivity index (χ3v) is 4.87. The Morgan fingerprint density at radius 3 is 2.38 bits per heavy atom. The van der Waals surface area contributed by atoms with E-state index in [2.05, 4.69) is 15.2 Å². The maximum absolute atomic E-state index is 13.3. The number of nitrogens with one attached hydrogen (secondary N) is 1. The molecule has 2 aromatic rings. The third-order valence-electron chi connectivity index (χ3n) is 4.87. The molecule has 1 aliphatic rings. The van der Waals surface area contributed by atoms with Crippen LogP contribution in [0.15, 0.2) is 48.8 Å². The summed E-state index contributed by atoms with van der Waals surface area (Å²) in [5.74, 6) is -0.261. The summed E-state index contributed by atoms with van der Waals surface area (Å²) < 4.78 is 13.3. The zero-order chi connectivity index (χ0) is 18.2. The van der Waals surface area contributed by atoms with Gasteiger partial charge in [0.2, 0.25) is 5.91 Å². The van der Waals surface area contributed by atoms with Crippen LogP contribution in [0.3, 0.4) is 0 Å². The molecule has 26 heavy (non-hydrogen) atoms. The number of amides is 1. The Kier molecular flexibility index (Phi) is 6.72. The van der Waals surface area contributed by atoms with Gasteiger partial charge >= 0.3 is 0 Å².